The third kappa shape index (κ3) is 6.07. The van der Waals surface area contributed by atoms with Crippen LogP contribution in [0.5, 0.6) is 17.2 Å². The Bertz CT molecular complexity index is 1400. The molecule has 38 heavy (non-hydrogen) atoms. The molecule has 0 spiro atoms. The van der Waals surface area contributed by atoms with Gasteiger partial charge in [0, 0.05) is 0 Å². The maximum absolute atomic E-state index is 12.9. The minimum absolute atomic E-state index is 0.00784. The first-order valence-electron chi connectivity index (χ1n) is 11.6. The van der Waals surface area contributed by atoms with Crippen molar-refractivity contribution in [1.29, 1.82) is 0 Å². The van der Waals surface area contributed by atoms with E-state index in [0.717, 1.165) is 16.0 Å². The average molecular weight is 536 g/mol. The number of ether oxygens (including phenoxy) is 3. The fourth-order valence-corrected chi connectivity index (χ4v) is 4.04. The molecule has 0 atom stereocenters. The van der Waals surface area contributed by atoms with Crippen LogP contribution in [-0.2, 0) is 16.2 Å². The predicted molar refractivity (Wildman–Crippen MR) is 143 cm³/mol. The molecule has 1 aliphatic rings. The van der Waals surface area contributed by atoms with Crippen molar-refractivity contribution < 1.29 is 28.6 Å². The van der Waals surface area contributed by atoms with E-state index in [-0.39, 0.29) is 17.3 Å². The molecule has 0 saturated carbocycles. The molecule has 1 saturated heterocycles. The maximum Gasteiger partial charge on any atom is 0.329 e. The first-order chi connectivity index (χ1) is 18.3. The molecule has 4 rings (SSSR count). The number of amides is 4. The molecule has 0 radical (unpaired) electrons. The Morgan fingerprint density at radius 2 is 1.74 bits per heavy atom. The van der Waals surface area contributed by atoms with E-state index < -0.39 is 24.4 Å². The number of urea groups is 1. The summed E-state index contributed by atoms with van der Waals surface area (Å²) in [5, 5.41) is 5.41. The van der Waals surface area contributed by atoms with Crippen molar-refractivity contribution >= 4 is 41.2 Å². The molecule has 0 aromatic heterocycles. The lowest BCUT2D eigenvalue weighted by atomic mass is 10.1. The molecular formula is C28H26ClN3O6. The van der Waals surface area contributed by atoms with Crippen molar-refractivity contribution in [2.75, 3.05) is 26.1 Å². The van der Waals surface area contributed by atoms with Crippen molar-refractivity contribution in [3.63, 3.8) is 0 Å². The fourth-order valence-electron chi connectivity index (χ4n) is 3.77. The van der Waals surface area contributed by atoms with E-state index in [1.54, 1.807) is 36.4 Å². The highest BCUT2D eigenvalue weighted by molar-refractivity contribution is 6.32. The Kier molecular flexibility index (Phi) is 8.18. The number of para-hydroxylation sites is 2. The molecule has 1 heterocycles. The Hall–Kier alpha value is -4.50. The monoisotopic (exact) mass is 535 g/mol. The second kappa shape index (κ2) is 11.7. The van der Waals surface area contributed by atoms with E-state index in [2.05, 4.69) is 10.6 Å². The number of nitrogens with one attached hydrogen (secondary N) is 2. The second-order valence-corrected chi connectivity index (χ2v) is 8.84. The molecule has 0 bridgehead atoms. The smallest absolute Gasteiger partial charge is 0.329 e. The first-order valence-corrected chi connectivity index (χ1v) is 12.0. The van der Waals surface area contributed by atoms with Gasteiger partial charge in [0.2, 0.25) is 5.91 Å². The van der Waals surface area contributed by atoms with Crippen LogP contribution in [0.25, 0.3) is 6.08 Å². The van der Waals surface area contributed by atoms with E-state index in [9.17, 15) is 14.4 Å². The average Bonchev–Trinajstić information content (AvgIpc) is 3.16. The van der Waals surface area contributed by atoms with Gasteiger partial charge in [0.1, 0.15) is 24.6 Å². The molecule has 196 valence electrons. The van der Waals surface area contributed by atoms with E-state index in [4.69, 9.17) is 25.8 Å². The molecule has 0 aliphatic carbocycles. The summed E-state index contributed by atoms with van der Waals surface area (Å²) in [6, 6.07) is 17.2. The second-order valence-electron chi connectivity index (χ2n) is 8.44. The third-order valence-electron chi connectivity index (χ3n) is 5.71. The lowest BCUT2D eigenvalue weighted by Gasteiger charge is -2.14. The summed E-state index contributed by atoms with van der Waals surface area (Å²) in [6.45, 7) is 1.82. The van der Waals surface area contributed by atoms with Crippen LogP contribution in [0.4, 0.5) is 10.5 Å². The topological polar surface area (TPSA) is 106 Å². The highest BCUT2D eigenvalue weighted by Gasteiger charge is 2.35. The highest BCUT2D eigenvalue weighted by Crippen LogP contribution is 2.37. The number of rotatable bonds is 9. The molecule has 10 heteroatoms. The van der Waals surface area contributed by atoms with Crippen LogP contribution in [0.15, 0.2) is 66.4 Å². The van der Waals surface area contributed by atoms with Crippen LogP contribution < -0.4 is 24.8 Å². The standard InChI is InChI=1S/C28H26ClN3O6/c1-17-8-10-18(11-9-17)16-38-26-20(29)12-19(14-24(26)37-3)13-22-27(34)32(28(35)31-22)15-25(33)30-21-6-4-5-7-23(21)36-2/h4-14H,15-16H2,1-3H3,(H,30,33)(H,31,35)/b22-13+. The summed E-state index contributed by atoms with van der Waals surface area (Å²) in [4.78, 5) is 38.7. The summed E-state index contributed by atoms with van der Waals surface area (Å²) in [5.74, 6) is -0.0376. The number of imide groups is 1. The molecule has 4 amide bonds. The van der Waals surface area contributed by atoms with Crippen molar-refractivity contribution in [1.82, 2.24) is 10.2 Å². The molecular weight excluding hydrogens is 510 g/mol. The van der Waals surface area contributed by atoms with Gasteiger partial charge in [0.25, 0.3) is 5.91 Å². The number of hydrogen-bond acceptors (Lipinski definition) is 6. The zero-order valence-electron chi connectivity index (χ0n) is 21.0. The molecule has 1 fully saturated rings. The molecule has 1 aliphatic heterocycles. The molecule has 3 aromatic rings. The number of methoxy groups -OCH3 is 2. The zero-order valence-corrected chi connectivity index (χ0v) is 21.8. The number of benzene rings is 3. The number of hydrogen-bond donors (Lipinski definition) is 2. The minimum Gasteiger partial charge on any atom is -0.495 e. The zero-order chi connectivity index (χ0) is 27.2. The molecule has 9 nitrogen and oxygen atoms in total. The van der Waals surface area contributed by atoms with Gasteiger partial charge in [-0.3, -0.25) is 9.59 Å². The predicted octanol–water partition coefficient (Wildman–Crippen LogP) is 4.78. The number of aryl methyl sites for hydroxylation is 1. The lowest BCUT2D eigenvalue weighted by Crippen LogP contribution is -2.38. The van der Waals surface area contributed by atoms with Crippen molar-refractivity contribution in [2.24, 2.45) is 0 Å². The highest BCUT2D eigenvalue weighted by atomic mass is 35.5. The number of halogens is 1. The van der Waals surface area contributed by atoms with Crippen molar-refractivity contribution in [3.8, 4) is 17.2 Å². The Morgan fingerprint density at radius 1 is 1.03 bits per heavy atom. The van der Waals surface area contributed by atoms with Crippen LogP contribution in [0, 0.1) is 6.92 Å². The van der Waals surface area contributed by atoms with Crippen LogP contribution in [-0.4, -0.2) is 43.5 Å². The van der Waals surface area contributed by atoms with Gasteiger partial charge in [-0.25, -0.2) is 9.69 Å². The number of nitrogens with zero attached hydrogens (tertiary/aromatic N) is 1. The third-order valence-corrected chi connectivity index (χ3v) is 5.99. The summed E-state index contributed by atoms with van der Waals surface area (Å²) in [5.41, 5.74) is 3.03. The Balaban J connectivity index is 1.47. The van der Waals surface area contributed by atoms with E-state index >= 15 is 0 Å². The van der Waals surface area contributed by atoms with Gasteiger partial charge in [-0.05, 0) is 48.4 Å². The van der Waals surface area contributed by atoms with Gasteiger partial charge in [-0.2, -0.15) is 0 Å². The molecule has 2 N–H and O–H groups in total. The summed E-state index contributed by atoms with van der Waals surface area (Å²) < 4.78 is 16.6. The summed E-state index contributed by atoms with van der Waals surface area (Å²) >= 11 is 6.47. The SMILES string of the molecule is COc1ccccc1NC(=O)CN1C(=O)N/C(=C/c2cc(Cl)c(OCc3ccc(C)cc3)c(OC)c2)C1=O. The van der Waals surface area contributed by atoms with E-state index in [0.29, 0.717) is 28.5 Å². The van der Waals surface area contributed by atoms with Gasteiger partial charge >= 0.3 is 6.03 Å². The quantitative estimate of drug-likeness (QED) is 0.302. The van der Waals surface area contributed by atoms with Gasteiger partial charge in [0.05, 0.1) is 24.9 Å². The van der Waals surface area contributed by atoms with Gasteiger partial charge in [-0.15, -0.1) is 0 Å². The van der Waals surface area contributed by atoms with E-state index in [1.807, 2.05) is 31.2 Å². The lowest BCUT2D eigenvalue weighted by molar-refractivity contribution is -0.127. The molecule has 0 unspecified atom stereocenters. The Labute approximate surface area is 224 Å². The number of anilines is 1. The van der Waals surface area contributed by atoms with Crippen LogP contribution in [0.3, 0.4) is 0 Å². The molecule has 3 aromatic carbocycles. The van der Waals surface area contributed by atoms with Crippen LogP contribution in [0.2, 0.25) is 5.02 Å². The Morgan fingerprint density at radius 3 is 2.45 bits per heavy atom. The van der Waals surface area contributed by atoms with Crippen molar-refractivity contribution in [2.45, 2.75) is 13.5 Å². The van der Waals surface area contributed by atoms with Gasteiger partial charge < -0.3 is 24.8 Å². The minimum atomic E-state index is -0.715. The normalized spacial score (nSPS) is 13.9. The first kappa shape index (κ1) is 26.6. The maximum atomic E-state index is 12.9. The fraction of sp³-hybridized carbons (Fsp3) is 0.179. The van der Waals surface area contributed by atoms with Gasteiger partial charge in [0.15, 0.2) is 11.5 Å². The largest absolute Gasteiger partial charge is 0.495 e. The summed E-state index contributed by atoms with van der Waals surface area (Å²) in [7, 11) is 2.95. The van der Waals surface area contributed by atoms with E-state index in [1.165, 1.54) is 20.3 Å². The number of carbonyl (C=O) groups excluding carboxylic acids is 3. The van der Waals surface area contributed by atoms with Crippen LogP contribution in [0.1, 0.15) is 16.7 Å². The van der Waals surface area contributed by atoms with Crippen LogP contribution >= 0.6 is 11.6 Å². The number of carbonyl (C=O) groups is 3. The summed E-state index contributed by atoms with van der Waals surface area (Å²) in [6.07, 6.45) is 1.45. The van der Waals surface area contributed by atoms with Gasteiger partial charge in [-0.1, -0.05) is 53.6 Å². The van der Waals surface area contributed by atoms with Crippen molar-refractivity contribution in [3.05, 3.63) is 88.1 Å².